The Balaban J connectivity index is 1.88. The summed E-state index contributed by atoms with van der Waals surface area (Å²) in [6.07, 6.45) is 0. The minimum Gasteiger partial charge on any atom is -0.507 e. The summed E-state index contributed by atoms with van der Waals surface area (Å²) in [6, 6.07) is 6.89. The molecule has 2 N–H and O–H groups in total. The van der Waals surface area contributed by atoms with Crippen LogP contribution in [0, 0.1) is 0 Å². The number of nitrogens with one attached hydrogen (secondary N) is 1. The maximum atomic E-state index is 11.8. The van der Waals surface area contributed by atoms with Crippen molar-refractivity contribution in [2.24, 2.45) is 5.10 Å². The normalized spacial score (nSPS) is 16.9. The Morgan fingerprint density at radius 1 is 1.40 bits per heavy atom. The van der Waals surface area contributed by atoms with Crippen molar-refractivity contribution in [1.29, 1.82) is 0 Å². The molecule has 0 radical (unpaired) electrons. The van der Waals surface area contributed by atoms with Crippen LogP contribution in [0.5, 0.6) is 5.75 Å². The molecular weight excluding hydrogens is 258 g/mol. The smallest absolute Gasteiger partial charge is 0.254 e. The summed E-state index contributed by atoms with van der Waals surface area (Å²) in [7, 11) is 0. The summed E-state index contributed by atoms with van der Waals surface area (Å²) >= 11 is 0. The molecule has 1 saturated heterocycles. The standard InChI is InChI=1S/C14H19N3O3/c1-11(12-4-2-3-5-13(12)18)15-16-14(19)10-17-6-8-20-9-7-17/h2-5,18H,6-10H2,1H3,(H,16,19). The highest BCUT2D eigenvalue weighted by molar-refractivity contribution is 6.01. The Labute approximate surface area is 118 Å². The second-order valence-corrected chi connectivity index (χ2v) is 4.64. The third-order valence-electron chi connectivity index (χ3n) is 3.11. The van der Waals surface area contributed by atoms with Crippen LogP contribution in [0.3, 0.4) is 0 Å². The van der Waals surface area contributed by atoms with E-state index < -0.39 is 0 Å². The molecule has 1 aliphatic rings. The number of rotatable bonds is 4. The van der Waals surface area contributed by atoms with Gasteiger partial charge in [0.05, 0.1) is 25.5 Å². The van der Waals surface area contributed by atoms with Gasteiger partial charge in [-0.15, -0.1) is 0 Å². The fourth-order valence-electron chi connectivity index (χ4n) is 1.98. The van der Waals surface area contributed by atoms with Crippen LogP contribution in [0.2, 0.25) is 0 Å². The van der Waals surface area contributed by atoms with E-state index in [0.717, 1.165) is 13.1 Å². The van der Waals surface area contributed by atoms with Gasteiger partial charge in [0.25, 0.3) is 5.91 Å². The van der Waals surface area contributed by atoms with Gasteiger partial charge < -0.3 is 9.84 Å². The van der Waals surface area contributed by atoms with Crippen molar-refractivity contribution >= 4 is 11.6 Å². The zero-order valence-electron chi connectivity index (χ0n) is 11.5. The molecule has 20 heavy (non-hydrogen) atoms. The second-order valence-electron chi connectivity index (χ2n) is 4.64. The Morgan fingerprint density at radius 3 is 2.80 bits per heavy atom. The molecule has 0 aliphatic carbocycles. The number of morpholine rings is 1. The lowest BCUT2D eigenvalue weighted by Gasteiger charge is -2.25. The zero-order chi connectivity index (χ0) is 14.4. The Kier molecular flexibility index (Phi) is 5.09. The van der Waals surface area contributed by atoms with E-state index in [1.165, 1.54) is 0 Å². The highest BCUT2D eigenvalue weighted by Crippen LogP contribution is 2.16. The van der Waals surface area contributed by atoms with Gasteiger partial charge in [-0.05, 0) is 19.1 Å². The quantitative estimate of drug-likeness (QED) is 0.623. The van der Waals surface area contributed by atoms with Gasteiger partial charge in [-0.3, -0.25) is 9.69 Å². The molecule has 1 fully saturated rings. The van der Waals surface area contributed by atoms with E-state index in [4.69, 9.17) is 4.74 Å². The van der Waals surface area contributed by atoms with Crippen LogP contribution in [0.4, 0.5) is 0 Å². The lowest BCUT2D eigenvalue weighted by atomic mass is 10.1. The number of ether oxygens (including phenoxy) is 1. The van der Waals surface area contributed by atoms with Crippen molar-refractivity contribution in [1.82, 2.24) is 10.3 Å². The number of phenols is 1. The predicted molar refractivity (Wildman–Crippen MR) is 75.7 cm³/mol. The summed E-state index contributed by atoms with van der Waals surface area (Å²) in [5.74, 6) is -0.0159. The molecule has 2 rings (SSSR count). The molecule has 0 bridgehead atoms. The van der Waals surface area contributed by atoms with Crippen molar-refractivity contribution < 1.29 is 14.6 Å². The van der Waals surface area contributed by atoms with Gasteiger partial charge in [0.1, 0.15) is 5.75 Å². The molecule has 1 aromatic rings. The molecule has 1 aromatic carbocycles. The van der Waals surface area contributed by atoms with Gasteiger partial charge in [-0.2, -0.15) is 5.10 Å². The fourth-order valence-corrected chi connectivity index (χ4v) is 1.98. The van der Waals surface area contributed by atoms with E-state index in [9.17, 15) is 9.90 Å². The monoisotopic (exact) mass is 277 g/mol. The number of benzene rings is 1. The maximum Gasteiger partial charge on any atom is 0.254 e. The lowest BCUT2D eigenvalue weighted by Crippen LogP contribution is -2.42. The minimum atomic E-state index is -0.165. The molecule has 0 unspecified atom stereocenters. The molecule has 0 aromatic heterocycles. The first-order chi connectivity index (χ1) is 9.66. The molecule has 1 heterocycles. The van der Waals surface area contributed by atoms with Crippen LogP contribution in [-0.4, -0.2) is 54.5 Å². The van der Waals surface area contributed by atoms with Crippen molar-refractivity contribution in [3.05, 3.63) is 29.8 Å². The van der Waals surface area contributed by atoms with Crippen molar-refractivity contribution in [2.45, 2.75) is 6.92 Å². The molecule has 0 spiro atoms. The molecule has 1 amide bonds. The summed E-state index contributed by atoms with van der Waals surface area (Å²) in [6.45, 7) is 4.89. The number of amides is 1. The fraction of sp³-hybridized carbons (Fsp3) is 0.429. The lowest BCUT2D eigenvalue weighted by molar-refractivity contribution is -0.123. The van der Waals surface area contributed by atoms with Gasteiger partial charge in [0.15, 0.2) is 0 Å². The maximum absolute atomic E-state index is 11.8. The van der Waals surface area contributed by atoms with E-state index in [0.29, 0.717) is 31.0 Å². The van der Waals surface area contributed by atoms with Crippen LogP contribution in [0.25, 0.3) is 0 Å². The highest BCUT2D eigenvalue weighted by Gasteiger charge is 2.13. The van der Waals surface area contributed by atoms with Gasteiger partial charge in [-0.25, -0.2) is 5.43 Å². The number of para-hydroxylation sites is 1. The van der Waals surface area contributed by atoms with E-state index >= 15 is 0 Å². The van der Waals surface area contributed by atoms with E-state index in [1.807, 2.05) is 11.0 Å². The summed E-state index contributed by atoms with van der Waals surface area (Å²) in [4.78, 5) is 13.8. The van der Waals surface area contributed by atoms with Crippen LogP contribution in [-0.2, 0) is 9.53 Å². The van der Waals surface area contributed by atoms with Crippen LogP contribution in [0.1, 0.15) is 12.5 Å². The van der Waals surface area contributed by atoms with Gasteiger partial charge >= 0.3 is 0 Å². The largest absolute Gasteiger partial charge is 0.507 e. The first-order valence-electron chi connectivity index (χ1n) is 6.58. The van der Waals surface area contributed by atoms with Gasteiger partial charge in [0, 0.05) is 18.7 Å². The molecule has 6 nitrogen and oxygen atoms in total. The first-order valence-corrected chi connectivity index (χ1v) is 6.58. The van der Waals surface area contributed by atoms with E-state index in [2.05, 4.69) is 10.5 Å². The molecule has 6 heteroatoms. The van der Waals surface area contributed by atoms with Crippen LogP contribution in [0.15, 0.2) is 29.4 Å². The SMILES string of the molecule is CC(=NNC(=O)CN1CCOCC1)c1ccccc1O. The van der Waals surface area contributed by atoms with Gasteiger partial charge in [0.2, 0.25) is 0 Å². The minimum absolute atomic E-state index is 0.149. The number of hydrogen-bond donors (Lipinski definition) is 2. The Hall–Kier alpha value is -1.92. The number of carbonyl (C=O) groups excluding carboxylic acids is 1. The Morgan fingerprint density at radius 2 is 2.10 bits per heavy atom. The Bertz CT molecular complexity index is 496. The topological polar surface area (TPSA) is 74.2 Å². The molecule has 108 valence electrons. The van der Waals surface area contributed by atoms with Gasteiger partial charge in [-0.1, -0.05) is 12.1 Å². The highest BCUT2D eigenvalue weighted by atomic mass is 16.5. The second kappa shape index (κ2) is 7.02. The van der Waals surface area contributed by atoms with Crippen LogP contribution >= 0.6 is 0 Å². The third kappa shape index (κ3) is 4.04. The van der Waals surface area contributed by atoms with Crippen molar-refractivity contribution in [3.8, 4) is 5.75 Å². The third-order valence-corrected chi connectivity index (χ3v) is 3.11. The number of hydrazone groups is 1. The number of phenolic OH excluding ortho intramolecular Hbond substituents is 1. The summed E-state index contributed by atoms with van der Waals surface area (Å²) < 4.78 is 5.22. The zero-order valence-corrected chi connectivity index (χ0v) is 11.5. The summed E-state index contributed by atoms with van der Waals surface area (Å²) in [5.41, 5.74) is 3.69. The van der Waals surface area contributed by atoms with Crippen LogP contribution < -0.4 is 5.43 Å². The molecule has 1 aliphatic heterocycles. The number of carbonyl (C=O) groups is 1. The number of nitrogens with zero attached hydrogens (tertiary/aromatic N) is 2. The number of aromatic hydroxyl groups is 1. The molecule has 0 saturated carbocycles. The predicted octanol–water partition coefficient (Wildman–Crippen LogP) is 0.565. The van der Waals surface area contributed by atoms with Crippen molar-refractivity contribution in [3.63, 3.8) is 0 Å². The first kappa shape index (κ1) is 14.5. The summed E-state index contributed by atoms with van der Waals surface area (Å²) in [5, 5.41) is 13.7. The van der Waals surface area contributed by atoms with Crippen molar-refractivity contribution in [2.75, 3.05) is 32.8 Å². The van der Waals surface area contributed by atoms with E-state index in [-0.39, 0.29) is 11.7 Å². The number of hydrogen-bond acceptors (Lipinski definition) is 5. The average Bonchev–Trinajstić information content (AvgIpc) is 2.46. The molecule has 0 atom stereocenters. The van der Waals surface area contributed by atoms with E-state index in [1.54, 1.807) is 25.1 Å². The molecular formula is C14H19N3O3. The average molecular weight is 277 g/mol.